The topological polar surface area (TPSA) is 9.86 Å². The van der Waals surface area contributed by atoms with Crippen molar-refractivity contribution in [3.8, 4) is 33.6 Å². The lowest BCUT2D eigenvalue weighted by Gasteiger charge is -2.34. The molecule has 0 fully saturated rings. The van der Waals surface area contributed by atoms with Crippen LogP contribution < -0.4 is 20.7 Å². The molecule has 4 heteroatoms. The average Bonchev–Trinajstić information content (AvgIpc) is 4.09. The van der Waals surface area contributed by atoms with Crippen molar-refractivity contribution in [1.82, 2.24) is 9.13 Å². The molecule has 0 aliphatic rings. The number of thiophene rings is 1. The van der Waals surface area contributed by atoms with Crippen LogP contribution in [-0.2, 0) is 0 Å². The molecule has 0 unspecified atom stereocenters. The number of nitrogens with zero attached hydrogens (tertiary/aromatic N) is 2. The molecule has 0 amide bonds. The van der Waals surface area contributed by atoms with E-state index in [1.54, 1.807) is 0 Å². The van der Waals surface area contributed by atoms with Crippen molar-refractivity contribution in [3.63, 3.8) is 0 Å². The Balaban J connectivity index is 0.892. The highest BCUT2D eigenvalue weighted by Gasteiger charge is 2.41. The molecular weight excluding hydrogens is 881 g/mol. The predicted molar refractivity (Wildman–Crippen MR) is 302 cm³/mol. The van der Waals surface area contributed by atoms with Crippen molar-refractivity contribution in [2.24, 2.45) is 0 Å². The molecule has 0 atom stereocenters. The van der Waals surface area contributed by atoms with Gasteiger partial charge in [-0.1, -0.05) is 200 Å². The zero-order valence-corrected chi connectivity index (χ0v) is 40.0. The Morgan fingerprint density at radius 3 is 1.33 bits per heavy atom. The maximum Gasteiger partial charge on any atom is 0.179 e. The van der Waals surface area contributed by atoms with Crippen LogP contribution in [0.15, 0.2) is 267 Å². The fourth-order valence-electron chi connectivity index (χ4n) is 11.6. The van der Waals surface area contributed by atoms with E-state index in [2.05, 4.69) is 276 Å². The zero-order valence-electron chi connectivity index (χ0n) is 38.2. The van der Waals surface area contributed by atoms with Crippen molar-refractivity contribution < 1.29 is 0 Å². The maximum atomic E-state index is 2.50. The Bertz CT molecular complexity index is 4190. The second-order valence-corrected chi connectivity index (χ2v) is 23.3. The summed E-state index contributed by atoms with van der Waals surface area (Å²) in [5.41, 5.74) is 12.1. The number of para-hydroxylation sites is 3. The largest absolute Gasteiger partial charge is 0.309 e. The third kappa shape index (κ3) is 6.24. The number of rotatable bonds is 8. The van der Waals surface area contributed by atoms with Gasteiger partial charge >= 0.3 is 0 Å². The number of fused-ring (bicyclic) bond motifs is 9. The first-order chi connectivity index (χ1) is 34.7. The van der Waals surface area contributed by atoms with E-state index >= 15 is 0 Å². The Labute approximate surface area is 411 Å². The minimum absolute atomic E-state index is 1.16. The van der Waals surface area contributed by atoms with Crippen molar-refractivity contribution >= 4 is 104 Å². The summed E-state index contributed by atoms with van der Waals surface area (Å²) in [5.74, 6) is 0. The van der Waals surface area contributed by atoms with E-state index < -0.39 is 8.07 Å². The lowest BCUT2D eigenvalue weighted by Crippen LogP contribution is -2.74. The van der Waals surface area contributed by atoms with Gasteiger partial charge in [0.2, 0.25) is 0 Å². The standard InChI is InChI=1S/C66H44N2SSi/c1-5-20-48(21-6-1)67-61-33-15-13-29-55(61)58-42-45(35-38-63(58)67)46-36-39-64-59(43-46)56-30-14-16-34-62(56)68(64)49-37-40-65-60(44-49)57-32-18-31-54(66(57)69-65)47-19-17-28-53(41-47)70(50-22-7-2-8-23-50,51-24-9-3-10-25-51)52-26-11-4-12-27-52/h1-44H. The monoisotopic (exact) mass is 924 g/mol. The molecule has 14 aromatic rings. The molecule has 0 radical (unpaired) electrons. The minimum Gasteiger partial charge on any atom is -0.309 e. The Morgan fingerprint density at radius 2 is 0.743 bits per heavy atom. The van der Waals surface area contributed by atoms with E-state index in [4.69, 9.17) is 0 Å². The summed E-state index contributed by atoms with van der Waals surface area (Å²) in [5, 5.41) is 13.1. The first-order valence-electron chi connectivity index (χ1n) is 24.1. The van der Waals surface area contributed by atoms with Crippen LogP contribution in [0.4, 0.5) is 0 Å². The highest BCUT2D eigenvalue weighted by Crippen LogP contribution is 2.43. The first-order valence-corrected chi connectivity index (χ1v) is 26.9. The molecule has 3 heterocycles. The molecule has 0 saturated carbocycles. The van der Waals surface area contributed by atoms with E-state index in [1.807, 2.05) is 11.3 Å². The molecule has 2 nitrogen and oxygen atoms in total. The smallest absolute Gasteiger partial charge is 0.179 e. The molecule has 0 aliphatic heterocycles. The second-order valence-electron chi connectivity index (χ2n) is 18.4. The highest BCUT2D eigenvalue weighted by molar-refractivity contribution is 7.26. The second kappa shape index (κ2) is 16.3. The SMILES string of the molecule is c1ccc(-n2c3ccccc3c3cc(-c4ccc5c(c4)c4ccccc4n5-c4ccc5sc6c(-c7cccc([Si](c8ccccc8)(c8ccccc8)c8ccccc8)c7)cccc6c5c4)ccc32)cc1. The van der Waals surface area contributed by atoms with Crippen LogP contribution in [0.2, 0.25) is 0 Å². The summed E-state index contributed by atoms with van der Waals surface area (Å²) < 4.78 is 7.45. The number of benzene rings is 11. The average molecular weight is 925 g/mol. The van der Waals surface area contributed by atoms with Gasteiger partial charge in [-0.3, -0.25) is 0 Å². The molecule has 0 aliphatic carbocycles. The molecule has 0 saturated heterocycles. The lowest BCUT2D eigenvalue weighted by molar-refractivity contribution is 1.18. The fraction of sp³-hybridized carbons (Fsp3) is 0. The van der Waals surface area contributed by atoms with Crippen LogP contribution in [-0.4, -0.2) is 17.2 Å². The Hall–Kier alpha value is -8.54. The van der Waals surface area contributed by atoms with Gasteiger partial charge in [-0.15, -0.1) is 11.3 Å². The molecule has 3 aromatic heterocycles. The molecule has 0 N–H and O–H groups in total. The highest BCUT2D eigenvalue weighted by atomic mass is 32.1. The molecule has 0 spiro atoms. The van der Waals surface area contributed by atoms with Crippen LogP contribution in [0.3, 0.4) is 0 Å². The van der Waals surface area contributed by atoms with Gasteiger partial charge in [0.05, 0.1) is 22.1 Å². The maximum absolute atomic E-state index is 2.70. The Kier molecular flexibility index (Phi) is 9.44. The van der Waals surface area contributed by atoms with Crippen LogP contribution in [0.5, 0.6) is 0 Å². The van der Waals surface area contributed by atoms with Gasteiger partial charge in [-0.05, 0) is 110 Å². The van der Waals surface area contributed by atoms with Crippen LogP contribution in [0.25, 0.3) is 97.4 Å². The van der Waals surface area contributed by atoms with Gasteiger partial charge in [-0.2, -0.15) is 0 Å². The van der Waals surface area contributed by atoms with Crippen LogP contribution in [0.1, 0.15) is 0 Å². The molecule has 70 heavy (non-hydrogen) atoms. The first kappa shape index (κ1) is 40.5. The minimum atomic E-state index is -2.70. The van der Waals surface area contributed by atoms with E-state index in [9.17, 15) is 0 Å². The summed E-state index contributed by atoms with van der Waals surface area (Å²) in [6.45, 7) is 0. The molecule has 11 aromatic carbocycles. The summed E-state index contributed by atoms with van der Waals surface area (Å²) in [4.78, 5) is 0. The normalized spacial score (nSPS) is 12.0. The summed E-state index contributed by atoms with van der Waals surface area (Å²) in [6.07, 6.45) is 0. The van der Waals surface area contributed by atoms with Crippen LogP contribution >= 0.6 is 11.3 Å². The van der Waals surface area contributed by atoms with Crippen LogP contribution in [0, 0.1) is 0 Å². The quantitative estimate of drug-likeness (QED) is 0.106. The number of aromatic nitrogens is 2. The zero-order chi connectivity index (χ0) is 46.2. The van der Waals surface area contributed by atoms with Crippen molar-refractivity contribution in [2.45, 2.75) is 0 Å². The Morgan fingerprint density at radius 1 is 0.271 bits per heavy atom. The van der Waals surface area contributed by atoms with Gasteiger partial charge in [-0.25, -0.2) is 0 Å². The third-order valence-electron chi connectivity index (χ3n) is 14.7. The third-order valence-corrected chi connectivity index (χ3v) is 20.7. The van der Waals surface area contributed by atoms with Gasteiger partial charge in [0.25, 0.3) is 0 Å². The van der Waals surface area contributed by atoms with E-state index in [-0.39, 0.29) is 0 Å². The number of hydrogen-bond acceptors (Lipinski definition) is 1. The predicted octanol–water partition coefficient (Wildman–Crippen LogP) is 15.0. The van der Waals surface area contributed by atoms with Crippen molar-refractivity contribution in [2.75, 3.05) is 0 Å². The summed E-state index contributed by atoms with van der Waals surface area (Å²) in [7, 11) is -2.70. The van der Waals surface area contributed by atoms with Crippen molar-refractivity contribution in [3.05, 3.63) is 267 Å². The van der Waals surface area contributed by atoms with E-state index in [0.717, 1.165) is 5.69 Å². The molecule has 14 rings (SSSR count). The van der Waals surface area contributed by atoms with Gasteiger partial charge in [0.1, 0.15) is 0 Å². The summed E-state index contributed by atoms with van der Waals surface area (Å²) >= 11 is 1.90. The van der Waals surface area contributed by atoms with E-state index in [1.165, 1.54) is 112 Å². The van der Waals surface area contributed by atoms with E-state index in [0.29, 0.717) is 0 Å². The number of hydrogen-bond donors (Lipinski definition) is 0. The lowest BCUT2D eigenvalue weighted by atomic mass is 10.0. The van der Waals surface area contributed by atoms with Crippen molar-refractivity contribution in [1.29, 1.82) is 0 Å². The molecule has 328 valence electrons. The molecule has 0 bridgehead atoms. The summed E-state index contributed by atoms with van der Waals surface area (Å²) in [6, 6.07) is 99.4. The fourth-order valence-corrected chi connectivity index (χ4v) is 17.6. The van der Waals surface area contributed by atoms with Gasteiger partial charge in [0.15, 0.2) is 8.07 Å². The van der Waals surface area contributed by atoms with Gasteiger partial charge in [0, 0.05) is 53.1 Å². The van der Waals surface area contributed by atoms with Gasteiger partial charge < -0.3 is 9.13 Å². The molecular formula is C66H44N2SSi.